The third-order valence-corrected chi connectivity index (χ3v) is 3.00. The number of aromatic carboxylic acids is 1. The lowest BCUT2D eigenvalue weighted by Crippen LogP contribution is -2.39. The number of amides is 1. The first-order valence-electron chi connectivity index (χ1n) is 6.53. The van der Waals surface area contributed by atoms with Crippen molar-refractivity contribution in [2.24, 2.45) is 0 Å². The van der Waals surface area contributed by atoms with E-state index in [4.69, 9.17) is 15.6 Å². The van der Waals surface area contributed by atoms with Gasteiger partial charge in [0.1, 0.15) is 6.04 Å². The number of carbonyl (C=O) groups excluding carboxylic acids is 1. The number of carboxylic acid groups (broad SMARTS) is 1. The van der Waals surface area contributed by atoms with Gasteiger partial charge in [0.2, 0.25) is 5.91 Å². The highest BCUT2D eigenvalue weighted by molar-refractivity contribution is 5.96. The van der Waals surface area contributed by atoms with E-state index in [1.807, 2.05) is 0 Å². The molecule has 0 radical (unpaired) electrons. The Morgan fingerprint density at radius 2 is 2.10 bits per heavy atom. The Labute approximate surface area is 123 Å². The van der Waals surface area contributed by atoms with Gasteiger partial charge in [-0.15, -0.1) is 0 Å². The molecular formula is C14H21N3O4. The summed E-state index contributed by atoms with van der Waals surface area (Å²) in [5.41, 5.74) is 7.15. The highest BCUT2D eigenvalue weighted by Gasteiger charge is 2.15. The van der Waals surface area contributed by atoms with Gasteiger partial charge < -0.3 is 26.2 Å². The van der Waals surface area contributed by atoms with Crippen LogP contribution >= 0.6 is 0 Å². The van der Waals surface area contributed by atoms with Crippen LogP contribution in [-0.2, 0) is 9.53 Å². The van der Waals surface area contributed by atoms with Crippen molar-refractivity contribution in [1.82, 2.24) is 5.32 Å². The molecule has 0 fully saturated rings. The zero-order chi connectivity index (χ0) is 16.0. The van der Waals surface area contributed by atoms with Crippen LogP contribution in [0.3, 0.4) is 0 Å². The molecule has 21 heavy (non-hydrogen) atoms. The summed E-state index contributed by atoms with van der Waals surface area (Å²) >= 11 is 0. The molecule has 0 spiro atoms. The Morgan fingerprint density at radius 3 is 2.67 bits per heavy atom. The molecule has 1 rings (SSSR count). The third-order valence-electron chi connectivity index (χ3n) is 3.00. The Kier molecular flexibility index (Phi) is 5.98. The molecule has 1 amide bonds. The Hall–Kier alpha value is -2.28. The van der Waals surface area contributed by atoms with E-state index in [-0.39, 0.29) is 17.2 Å². The summed E-state index contributed by atoms with van der Waals surface area (Å²) in [7, 11) is 1.55. The molecule has 1 atom stereocenters. The van der Waals surface area contributed by atoms with E-state index in [0.717, 1.165) is 0 Å². The SMILES string of the molecule is COCCNC(=O)C(C)Nc1cc(C)c(N)c(C(=O)O)c1. The zero-order valence-corrected chi connectivity index (χ0v) is 12.4. The number of methoxy groups -OCH3 is 1. The van der Waals surface area contributed by atoms with E-state index in [1.165, 1.54) is 6.07 Å². The summed E-state index contributed by atoms with van der Waals surface area (Å²) in [6.07, 6.45) is 0. The fraction of sp³-hybridized carbons (Fsp3) is 0.429. The van der Waals surface area contributed by atoms with E-state index in [9.17, 15) is 9.59 Å². The quantitative estimate of drug-likeness (QED) is 0.438. The summed E-state index contributed by atoms with van der Waals surface area (Å²) in [4.78, 5) is 22.9. The zero-order valence-electron chi connectivity index (χ0n) is 12.4. The summed E-state index contributed by atoms with van der Waals surface area (Å²) in [5, 5.41) is 14.8. The summed E-state index contributed by atoms with van der Waals surface area (Å²) in [6, 6.07) is 2.62. The number of carboxylic acids is 1. The number of nitrogens with one attached hydrogen (secondary N) is 2. The lowest BCUT2D eigenvalue weighted by Gasteiger charge is -2.17. The van der Waals surface area contributed by atoms with Crippen molar-refractivity contribution in [3.05, 3.63) is 23.3 Å². The number of aryl methyl sites for hydroxylation is 1. The van der Waals surface area contributed by atoms with Gasteiger partial charge >= 0.3 is 5.97 Å². The maximum atomic E-state index is 11.8. The largest absolute Gasteiger partial charge is 0.478 e. The third kappa shape index (κ3) is 4.64. The number of rotatable bonds is 7. The van der Waals surface area contributed by atoms with E-state index < -0.39 is 12.0 Å². The maximum absolute atomic E-state index is 11.8. The fourth-order valence-electron chi connectivity index (χ4n) is 1.80. The number of nitrogens with two attached hydrogens (primary N) is 1. The van der Waals surface area contributed by atoms with Crippen LogP contribution < -0.4 is 16.4 Å². The molecule has 1 unspecified atom stereocenters. The molecule has 0 heterocycles. The average Bonchev–Trinajstić information content (AvgIpc) is 2.42. The number of hydrogen-bond acceptors (Lipinski definition) is 5. The summed E-state index contributed by atoms with van der Waals surface area (Å²) in [6.45, 7) is 4.26. The highest BCUT2D eigenvalue weighted by atomic mass is 16.5. The van der Waals surface area contributed by atoms with E-state index >= 15 is 0 Å². The number of carbonyl (C=O) groups is 2. The van der Waals surface area contributed by atoms with E-state index in [1.54, 1.807) is 27.0 Å². The molecule has 116 valence electrons. The molecule has 0 aromatic heterocycles. The molecule has 0 aliphatic heterocycles. The monoisotopic (exact) mass is 295 g/mol. The van der Waals surface area contributed by atoms with Gasteiger partial charge in [-0.25, -0.2) is 4.79 Å². The van der Waals surface area contributed by atoms with Gasteiger partial charge in [0.25, 0.3) is 0 Å². The van der Waals surface area contributed by atoms with Crippen LogP contribution in [0.1, 0.15) is 22.8 Å². The topological polar surface area (TPSA) is 114 Å². The van der Waals surface area contributed by atoms with Crippen molar-refractivity contribution >= 4 is 23.3 Å². The standard InChI is InChI=1S/C14H21N3O4/c1-8-6-10(7-11(12(8)15)14(19)20)17-9(2)13(18)16-4-5-21-3/h6-7,9,17H,4-5,15H2,1-3H3,(H,16,18)(H,19,20). The molecule has 0 bridgehead atoms. The summed E-state index contributed by atoms with van der Waals surface area (Å²) in [5.74, 6) is -1.30. The van der Waals surface area contributed by atoms with Crippen LogP contribution in [0.25, 0.3) is 0 Å². The van der Waals surface area contributed by atoms with Crippen LogP contribution in [0.15, 0.2) is 12.1 Å². The second kappa shape index (κ2) is 7.49. The Bertz CT molecular complexity index is 531. The van der Waals surface area contributed by atoms with Crippen molar-refractivity contribution in [3.8, 4) is 0 Å². The van der Waals surface area contributed by atoms with Gasteiger partial charge in [-0.1, -0.05) is 0 Å². The normalized spacial score (nSPS) is 11.8. The molecule has 0 saturated heterocycles. The van der Waals surface area contributed by atoms with Crippen molar-refractivity contribution in [2.75, 3.05) is 31.3 Å². The molecule has 0 saturated carbocycles. The smallest absolute Gasteiger partial charge is 0.337 e. The van der Waals surface area contributed by atoms with Gasteiger partial charge in [-0.3, -0.25) is 4.79 Å². The minimum absolute atomic E-state index is 0.0180. The first-order chi connectivity index (χ1) is 9.86. The first kappa shape index (κ1) is 16.8. The van der Waals surface area contributed by atoms with Crippen molar-refractivity contribution in [3.63, 3.8) is 0 Å². The molecule has 0 aliphatic carbocycles. The molecule has 7 heteroatoms. The van der Waals surface area contributed by atoms with Gasteiger partial charge in [-0.05, 0) is 31.5 Å². The molecule has 5 N–H and O–H groups in total. The predicted molar refractivity (Wildman–Crippen MR) is 80.5 cm³/mol. The van der Waals surface area contributed by atoms with Crippen LogP contribution in [0.4, 0.5) is 11.4 Å². The maximum Gasteiger partial charge on any atom is 0.337 e. The van der Waals surface area contributed by atoms with E-state index in [2.05, 4.69) is 10.6 Å². The predicted octanol–water partition coefficient (Wildman–Crippen LogP) is 0.838. The number of benzene rings is 1. The lowest BCUT2D eigenvalue weighted by molar-refractivity contribution is -0.121. The van der Waals surface area contributed by atoms with Crippen molar-refractivity contribution in [2.45, 2.75) is 19.9 Å². The van der Waals surface area contributed by atoms with Crippen molar-refractivity contribution in [1.29, 1.82) is 0 Å². The van der Waals surface area contributed by atoms with Crippen LogP contribution in [0, 0.1) is 6.92 Å². The number of nitrogen functional groups attached to an aromatic ring is 1. The molecule has 1 aromatic rings. The average molecular weight is 295 g/mol. The van der Waals surface area contributed by atoms with Gasteiger partial charge in [-0.2, -0.15) is 0 Å². The molecular weight excluding hydrogens is 274 g/mol. The minimum atomic E-state index is -1.10. The molecule has 7 nitrogen and oxygen atoms in total. The number of anilines is 2. The highest BCUT2D eigenvalue weighted by Crippen LogP contribution is 2.23. The summed E-state index contributed by atoms with van der Waals surface area (Å²) < 4.78 is 4.85. The number of hydrogen-bond donors (Lipinski definition) is 4. The fourth-order valence-corrected chi connectivity index (χ4v) is 1.80. The number of ether oxygens (including phenoxy) is 1. The Balaban J connectivity index is 2.78. The second-order valence-electron chi connectivity index (χ2n) is 4.71. The lowest BCUT2D eigenvalue weighted by atomic mass is 10.1. The molecule has 1 aromatic carbocycles. The van der Waals surface area contributed by atoms with Crippen LogP contribution in [0.5, 0.6) is 0 Å². The van der Waals surface area contributed by atoms with Gasteiger partial charge in [0.15, 0.2) is 0 Å². The van der Waals surface area contributed by atoms with Crippen LogP contribution in [-0.4, -0.2) is 43.3 Å². The minimum Gasteiger partial charge on any atom is -0.478 e. The van der Waals surface area contributed by atoms with Crippen LogP contribution in [0.2, 0.25) is 0 Å². The Morgan fingerprint density at radius 1 is 1.43 bits per heavy atom. The first-order valence-corrected chi connectivity index (χ1v) is 6.53. The second-order valence-corrected chi connectivity index (χ2v) is 4.71. The molecule has 0 aliphatic rings. The van der Waals surface area contributed by atoms with Gasteiger partial charge in [0.05, 0.1) is 12.2 Å². The van der Waals surface area contributed by atoms with Crippen molar-refractivity contribution < 1.29 is 19.4 Å². The van der Waals surface area contributed by atoms with Gasteiger partial charge in [0, 0.05) is 25.0 Å². The van der Waals surface area contributed by atoms with E-state index in [0.29, 0.717) is 24.4 Å².